The fourth-order valence-electron chi connectivity index (χ4n) is 1.29. The summed E-state index contributed by atoms with van der Waals surface area (Å²) >= 11 is 0. The number of nitrogens with zero attached hydrogens (tertiary/aromatic N) is 1. The van der Waals surface area contributed by atoms with E-state index in [2.05, 4.69) is 5.32 Å². The predicted molar refractivity (Wildman–Crippen MR) is 42.4 cm³/mol. The van der Waals surface area contributed by atoms with Crippen molar-refractivity contribution in [3.05, 3.63) is 29.8 Å². The zero-order chi connectivity index (χ0) is 7.68. The molecule has 2 rings (SSSR count). The van der Waals surface area contributed by atoms with Gasteiger partial charge in [-0.15, -0.1) is 0 Å². The van der Waals surface area contributed by atoms with E-state index in [1.165, 1.54) is 5.06 Å². The summed E-state index contributed by atoms with van der Waals surface area (Å²) < 4.78 is 0. The first-order valence-electron chi connectivity index (χ1n) is 3.63. The number of hydrogen-bond acceptors (Lipinski definition) is 3. The second kappa shape index (κ2) is 2.53. The molecule has 0 amide bonds. The molecule has 1 heterocycles. The third-order valence-electron chi connectivity index (χ3n) is 1.85. The molecular formula is C8H10N2O. The second-order valence-corrected chi connectivity index (χ2v) is 2.61. The highest BCUT2D eigenvalue weighted by atomic mass is 16.5. The zero-order valence-electron chi connectivity index (χ0n) is 6.12. The maximum Gasteiger partial charge on any atom is 0.0951 e. The number of anilines is 1. The van der Waals surface area contributed by atoms with Crippen molar-refractivity contribution >= 4 is 5.69 Å². The Bertz CT molecular complexity index is 262. The van der Waals surface area contributed by atoms with Crippen molar-refractivity contribution in [2.45, 2.75) is 6.54 Å². The van der Waals surface area contributed by atoms with Crippen molar-refractivity contribution in [1.29, 1.82) is 0 Å². The van der Waals surface area contributed by atoms with Gasteiger partial charge in [-0.25, -0.2) is 5.06 Å². The lowest BCUT2D eigenvalue weighted by Crippen LogP contribution is -2.36. The topological polar surface area (TPSA) is 35.5 Å². The van der Waals surface area contributed by atoms with Gasteiger partial charge in [0, 0.05) is 6.54 Å². The van der Waals surface area contributed by atoms with Crippen molar-refractivity contribution < 1.29 is 5.21 Å². The molecule has 0 saturated carbocycles. The maximum absolute atomic E-state index is 9.33. The summed E-state index contributed by atoms with van der Waals surface area (Å²) in [5, 5.41) is 13.6. The molecular weight excluding hydrogens is 140 g/mol. The van der Waals surface area contributed by atoms with Crippen LogP contribution in [0.15, 0.2) is 24.3 Å². The summed E-state index contributed by atoms with van der Waals surface area (Å²) in [5.41, 5.74) is 2.05. The van der Waals surface area contributed by atoms with Gasteiger partial charge < -0.3 is 0 Å². The van der Waals surface area contributed by atoms with E-state index < -0.39 is 0 Å². The molecule has 0 unspecified atom stereocenters. The molecule has 0 saturated heterocycles. The minimum Gasteiger partial charge on any atom is -0.294 e. The van der Waals surface area contributed by atoms with E-state index >= 15 is 0 Å². The van der Waals surface area contributed by atoms with E-state index in [9.17, 15) is 5.21 Å². The Labute approximate surface area is 65.2 Å². The number of rotatable bonds is 0. The van der Waals surface area contributed by atoms with E-state index in [0.29, 0.717) is 6.67 Å². The SMILES string of the molecule is ON1CNCc2ccccc21. The van der Waals surface area contributed by atoms with E-state index in [4.69, 9.17) is 0 Å². The smallest absolute Gasteiger partial charge is 0.0951 e. The molecule has 0 aliphatic carbocycles. The molecule has 0 spiro atoms. The summed E-state index contributed by atoms with van der Waals surface area (Å²) in [5.74, 6) is 0. The number of hydrogen-bond donors (Lipinski definition) is 2. The van der Waals surface area contributed by atoms with E-state index in [1.807, 2.05) is 24.3 Å². The van der Waals surface area contributed by atoms with Crippen LogP contribution in [0.2, 0.25) is 0 Å². The Kier molecular flexibility index (Phi) is 1.52. The molecule has 0 fully saturated rings. The number of fused-ring (bicyclic) bond motifs is 1. The van der Waals surface area contributed by atoms with Crippen LogP contribution in [-0.4, -0.2) is 11.9 Å². The van der Waals surface area contributed by atoms with Crippen LogP contribution in [-0.2, 0) is 6.54 Å². The lowest BCUT2D eigenvalue weighted by atomic mass is 10.1. The lowest BCUT2D eigenvalue weighted by Gasteiger charge is -2.25. The van der Waals surface area contributed by atoms with Crippen LogP contribution in [0.25, 0.3) is 0 Å². The Hall–Kier alpha value is -1.06. The highest BCUT2D eigenvalue weighted by molar-refractivity contribution is 5.52. The van der Waals surface area contributed by atoms with Crippen LogP contribution in [0.1, 0.15) is 5.56 Å². The van der Waals surface area contributed by atoms with Crippen molar-refractivity contribution in [1.82, 2.24) is 5.32 Å². The fraction of sp³-hybridized carbons (Fsp3) is 0.250. The van der Waals surface area contributed by atoms with Gasteiger partial charge in [-0.1, -0.05) is 18.2 Å². The normalized spacial score (nSPS) is 16.3. The first-order chi connectivity index (χ1) is 5.38. The molecule has 11 heavy (non-hydrogen) atoms. The molecule has 1 aliphatic rings. The van der Waals surface area contributed by atoms with Gasteiger partial charge in [0.2, 0.25) is 0 Å². The van der Waals surface area contributed by atoms with Crippen LogP contribution >= 0.6 is 0 Å². The highest BCUT2D eigenvalue weighted by Gasteiger charge is 2.12. The van der Waals surface area contributed by atoms with Gasteiger partial charge >= 0.3 is 0 Å². The van der Waals surface area contributed by atoms with Crippen LogP contribution < -0.4 is 10.4 Å². The third-order valence-corrected chi connectivity index (χ3v) is 1.85. The Morgan fingerprint density at radius 3 is 3.00 bits per heavy atom. The van der Waals surface area contributed by atoms with Gasteiger partial charge in [0.25, 0.3) is 0 Å². The number of para-hydroxylation sites is 1. The molecule has 1 aromatic rings. The minimum absolute atomic E-state index is 0.511. The average molecular weight is 150 g/mol. The molecule has 0 aromatic heterocycles. The zero-order valence-corrected chi connectivity index (χ0v) is 6.12. The van der Waals surface area contributed by atoms with Crippen LogP contribution in [0.4, 0.5) is 5.69 Å². The van der Waals surface area contributed by atoms with Gasteiger partial charge in [-0.05, 0) is 11.6 Å². The second-order valence-electron chi connectivity index (χ2n) is 2.61. The van der Waals surface area contributed by atoms with Gasteiger partial charge in [0.1, 0.15) is 0 Å². The quantitative estimate of drug-likeness (QED) is 0.577. The Balaban J connectivity index is 2.44. The summed E-state index contributed by atoms with van der Waals surface area (Å²) in [7, 11) is 0. The molecule has 1 aliphatic heterocycles. The summed E-state index contributed by atoms with van der Waals surface area (Å²) in [6.45, 7) is 1.35. The molecule has 2 N–H and O–H groups in total. The lowest BCUT2D eigenvalue weighted by molar-refractivity contribution is 0.236. The van der Waals surface area contributed by atoms with Gasteiger partial charge in [-0.2, -0.15) is 0 Å². The van der Waals surface area contributed by atoms with Gasteiger partial charge in [0.05, 0.1) is 12.4 Å². The first-order valence-corrected chi connectivity index (χ1v) is 3.63. The summed E-state index contributed by atoms with van der Waals surface area (Å²) in [6, 6.07) is 7.81. The fourth-order valence-corrected chi connectivity index (χ4v) is 1.29. The Morgan fingerprint density at radius 2 is 2.18 bits per heavy atom. The third kappa shape index (κ3) is 1.08. The van der Waals surface area contributed by atoms with E-state index in [1.54, 1.807) is 0 Å². The number of benzene rings is 1. The van der Waals surface area contributed by atoms with Crippen molar-refractivity contribution in [2.24, 2.45) is 0 Å². The molecule has 0 radical (unpaired) electrons. The summed E-state index contributed by atoms with van der Waals surface area (Å²) in [6.07, 6.45) is 0. The molecule has 0 atom stereocenters. The van der Waals surface area contributed by atoms with Crippen molar-refractivity contribution in [2.75, 3.05) is 11.7 Å². The first kappa shape index (κ1) is 6.64. The largest absolute Gasteiger partial charge is 0.294 e. The highest BCUT2D eigenvalue weighted by Crippen LogP contribution is 2.20. The Morgan fingerprint density at radius 1 is 1.36 bits per heavy atom. The average Bonchev–Trinajstić information content (AvgIpc) is 2.06. The van der Waals surface area contributed by atoms with E-state index in [-0.39, 0.29) is 0 Å². The predicted octanol–water partition coefficient (Wildman–Crippen LogP) is 0.943. The number of nitrogens with one attached hydrogen (secondary N) is 1. The van der Waals surface area contributed by atoms with Gasteiger partial charge in [-0.3, -0.25) is 10.5 Å². The van der Waals surface area contributed by atoms with Crippen LogP contribution in [0, 0.1) is 0 Å². The van der Waals surface area contributed by atoms with Crippen molar-refractivity contribution in [3.63, 3.8) is 0 Å². The minimum atomic E-state index is 0.511. The van der Waals surface area contributed by atoms with Gasteiger partial charge in [0.15, 0.2) is 0 Å². The van der Waals surface area contributed by atoms with E-state index in [0.717, 1.165) is 17.8 Å². The standard InChI is InChI=1S/C8H10N2O/c11-10-6-9-5-7-3-1-2-4-8(7)10/h1-4,9,11H,5-6H2. The number of hydroxylamine groups is 1. The van der Waals surface area contributed by atoms with Crippen LogP contribution in [0.3, 0.4) is 0 Å². The van der Waals surface area contributed by atoms with Crippen LogP contribution in [0.5, 0.6) is 0 Å². The molecule has 58 valence electrons. The molecule has 3 nitrogen and oxygen atoms in total. The molecule has 1 aromatic carbocycles. The molecule has 3 heteroatoms. The maximum atomic E-state index is 9.33. The summed E-state index contributed by atoms with van der Waals surface area (Å²) in [4.78, 5) is 0. The van der Waals surface area contributed by atoms with Crippen molar-refractivity contribution in [3.8, 4) is 0 Å². The monoisotopic (exact) mass is 150 g/mol. The molecule has 0 bridgehead atoms.